The van der Waals surface area contributed by atoms with Crippen LogP contribution in [-0.4, -0.2) is 30.8 Å². The molecule has 0 bridgehead atoms. The predicted molar refractivity (Wildman–Crippen MR) is 50.1 cm³/mol. The quantitative estimate of drug-likeness (QED) is 0.504. The van der Waals surface area contributed by atoms with E-state index in [0.29, 0.717) is 0 Å². The lowest BCUT2D eigenvalue weighted by atomic mass is 10.1. The standard InChI is InChI=1S/C8H15N3O3/c1-5(12)11-6(8(14)10-2)3-4-7(9)13/h6H,3-4H2,1-2H3,(H2,9,13)(H,10,14)(H,11,12). The number of nitrogens with two attached hydrogens (primary N) is 1. The molecule has 0 radical (unpaired) electrons. The molecule has 0 spiro atoms. The first kappa shape index (κ1) is 12.4. The minimum Gasteiger partial charge on any atom is -0.370 e. The van der Waals surface area contributed by atoms with Gasteiger partial charge in [-0.15, -0.1) is 0 Å². The van der Waals surface area contributed by atoms with Crippen LogP contribution in [0.5, 0.6) is 0 Å². The predicted octanol–water partition coefficient (Wildman–Crippen LogP) is -1.50. The van der Waals surface area contributed by atoms with Crippen LogP contribution in [0.1, 0.15) is 19.8 Å². The normalized spacial score (nSPS) is 11.6. The highest BCUT2D eigenvalue weighted by Crippen LogP contribution is 1.96. The zero-order valence-corrected chi connectivity index (χ0v) is 8.29. The lowest BCUT2D eigenvalue weighted by Gasteiger charge is -2.14. The number of carbonyl (C=O) groups excluding carboxylic acids is 3. The van der Waals surface area contributed by atoms with E-state index in [4.69, 9.17) is 5.73 Å². The Morgan fingerprint density at radius 2 is 1.93 bits per heavy atom. The monoisotopic (exact) mass is 201 g/mol. The maximum Gasteiger partial charge on any atom is 0.242 e. The van der Waals surface area contributed by atoms with E-state index >= 15 is 0 Å². The highest BCUT2D eigenvalue weighted by molar-refractivity contribution is 5.87. The third-order valence-electron chi connectivity index (χ3n) is 1.62. The summed E-state index contributed by atoms with van der Waals surface area (Å²) >= 11 is 0. The van der Waals surface area contributed by atoms with Crippen LogP contribution < -0.4 is 16.4 Å². The Labute approximate surface area is 82.2 Å². The molecule has 0 fully saturated rings. The second kappa shape index (κ2) is 5.95. The molecule has 80 valence electrons. The Morgan fingerprint density at radius 1 is 1.36 bits per heavy atom. The number of hydrogen-bond acceptors (Lipinski definition) is 3. The van der Waals surface area contributed by atoms with Crippen molar-refractivity contribution < 1.29 is 14.4 Å². The molecule has 4 N–H and O–H groups in total. The van der Waals surface area contributed by atoms with Crippen LogP contribution >= 0.6 is 0 Å². The van der Waals surface area contributed by atoms with Gasteiger partial charge in [-0.3, -0.25) is 14.4 Å². The third-order valence-corrected chi connectivity index (χ3v) is 1.62. The van der Waals surface area contributed by atoms with E-state index < -0.39 is 11.9 Å². The number of hydrogen-bond donors (Lipinski definition) is 3. The first-order valence-electron chi connectivity index (χ1n) is 4.24. The van der Waals surface area contributed by atoms with Gasteiger partial charge in [0.15, 0.2) is 0 Å². The highest BCUT2D eigenvalue weighted by Gasteiger charge is 2.18. The fourth-order valence-electron chi connectivity index (χ4n) is 0.975. The number of nitrogens with one attached hydrogen (secondary N) is 2. The van der Waals surface area contributed by atoms with E-state index in [-0.39, 0.29) is 24.7 Å². The average Bonchev–Trinajstić information content (AvgIpc) is 2.10. The second-order valence-electron chi connectivity index (χ2n) is 2.87. The highest BCUT2D eigenvalue weighted by atomic mass is 16.2. The molecule has 1 atom stereocenters. The summed E-state index contributed by atoms with van der Waals surface area (Å²) in [5, 5.41) is 4.82. The summed E-state index contributed by atoms with van der Waals surface area (Å²) in [5.41, 5.74) is 4.93. The molecule has 0 rings (SSSR count). The molecule has 0 aliphatic rings. The van der Waals surface area contributed by atoms with Gasteiger partial charge in [-0.25, -0.2) is 0 Å². The number of likely N-dealkylation sites (N-methyl/N-ethyl adjacent to an activating group) is 1. The van der Waals surface area contributed by atoms with Crippen molar-refractivity contribution in [1.29, 1.82) is 0 Å². The summed E-state index contributed by atoms with van der Waals surface area (Å²) in [4.78, 5) is 32.4. The van der Waals surface area contributed by atoms with Crippen molar-refractivity contribution in [3.05, 3.63) is 0 Å². The molecular formula is C8H15N3O3. The smallest absolute Gasteiger partial charge is 0.242 e. The van der Waals surface area contributed by atoms with Crippen molar-refractivity contribution in [2.24, 2.45) is 5.73 Å². The summed E-state index contributed by atoms with van der Waals surface area (Å²) in [6, 6.07) is -0.690. The van der Waals surface area contributed by atoms with E-state index in [1.54, 1.807) is 0 Å². The molecule has 6 nitrogen and oxygen atoms in total. The Balaban J connectivity index is 4.17. The zero-order chi connectivity index (χ0) is 11.1. The molecule has 0 aliphatic carbocycles. The van der Waals surface area contributed by atoms with Gasteiger partial charge >= 0.3 is 0 Å². The molecule has 0 heterocycles. The SMILES string of the molecule is CNC(=O)C(CCC(N)=O)NC(C)=O. The van der Waals surface area contributed by atoms with Crippen molar-refractivity contribution in [2.75, 3.05) is 7.05 Å². The van der Waals surface area contributed by atoms with Gasteiger partial charge in [0.25, 0.3) is 0 Å². The summed E-state index contributed by atoms with van der Waals surface area (Å²) in [5.74, 6) is -1.14. The van der Waals surface area contributed by atoms with Crippen LogP contribution in [0.2, 0.25) is 0 Å². The Bertz CT molecular complexity index is 240. The fraction of sp³-hybridized carbons (Fsp3) is 0.625. The second-order valence-corrected chi connectivity index (χ2v) is 2.87. The topological polar surface area (TPSA) is 101 Å². The zero-order valence-electron chi connectivity index (χ0n) is 8.29. The number of carbonyl (C=O) groups is 3. The van der Waals surface area contributed by atoms with E-state index in [2.05, 4.69) is 10.6 Å². The van der Waals surface area contributed by atoms with Gasteiger partial charge in [-0.2, -0.15) is 0 Å². The van der Waals surface area contributed by atoms with Crippen LogP contribution in [0.3, 0.4) is 0 Å². The van der Waals surface area contributed by atoms with Gasteiger partial charge < -0.3 is 16.4 Å². The fourth-order valence-corrected chi connectivity index (χ4v) is 0.975. The summed E-state index contributed by atoms with van der Waals surface area (Å²) < 4.78 is 0. The summed E-state index contributed by atoms with van der Waals surface area (Å²) in [6.45, 7) is 1.31. The molecule has 6 heteroatoms. The molecule has 0 aromatic heterocycles. The van der Waals surface area contributed by atoms with Crippen LogP contribution in [0.25, 0.3) is 0 Å². The molecule has 3 amide bonds. The van der Waals surface area contributed by atoms with Gasteiger partial charge in [0.2, 0.25) is 17.7 Å². The average molecular weight is 201 g/mol. The maximum atomic E-state index is 11.2. The van der Waals surface area contributed by atoms with Crippen LogP contribution in [0.4, 0.5) is 0 Å². The van der Waals surface area contributed by atoms with E-state index in [0.717, 1.165) is 0 Å². The Kier molecular flexibility index (Phi) is 5.28. The van der Waals surface area contributed by atoms with Crippen LogP contribution in [-0.2, 0) is 14.4 Å². The lowest BCUT2D eigenvalue weighted by molar-refractivity contribution is -0.128. The Hall–Kier alpha value is -1.59. The summed E-state index contributed by atoms with van der Waals surface area (Å²) in [7, 11) is 1.46. The molecular weight excluding hydrogens is 186 g/mol. The van der Waals surface area contributed by atoms with E-state index in [1.165, 1.54) is 14.0 Å². The molecule has 1 unspecified atom stereocenters. The van der Waals surface area contributed by atoms with Crippen molar-refractivity contribution in [2.45, 2.75) is 25.8 Å². The van der Waals surface area contributed by atoms with Gasteiger partial charge in [-0.05, 0) is 6.42 Å². The third kappa shape index (κ3) is 5.13. The minimum atomic E-state index is -0.690. The lowest BCUT2D eigenvalue weighted by Crippen LogP contribution is -2.45. The van der Waals surface area contributed by atoms with Crippen molar-refractivity contribution in [3.8, 4) is 0 Å². The molecule has 0 saturated carbocycles. The minimum absolute atomic E-state index is 0.0678. The summed E-state index contributed by atoms with van der Waals surface area (Å²) in [6.07, 6.45) is 0.285. The Morgan fingerprint density at radius 3 is 2.29 bits per heavy atom. The molecule has 0 aromatic carbocycles. The molecule has 0 saturated heterocycles. The van der Waals surface area contributed by atoms with Crippen LogP contribution in [0, 0.1) is 0 Å². The van der Waals surface area contributed by atoms with Crippen molar-refractivity contribution in [3.63, 3.8) is 0 Å². The van der Waals surface area contributed by atoms with E-state index in [9.17, 15) is 14.4 Å². The molecule has 0 aliphatic heterocycles. The largest absolute Gasteiger partial charge is 0.370 e. The number of rotatable bonds is 5. The van der Waals surface area contributed by atoms with Gasteiger partial charge in [0.1, 0.15) is 6.04 Å². The van der Waals surface area contributed by atoms with Crippen LogP contribution in [0.15, 0.2) is 0 Å². The van der Waals surface area contributed by atoms with Crippen molar-refractivity contribution >= 4 is 17.7 Å². The maximum absolute atomic E-state index is 11.2. The number of primary amides is 1. The van der Waals surface area contributed by atoms with Gasteiger partial charge in [-0.1, -0.05) is 0 Å². The van der Waals surface area contributed by atoms with Gasteiger partial charge in [0, 0.05) is 20.4 Å². The number of amides is 3. The molecule has 0 aromatic rings. The van der Waals surface area contributed by atoms with Gasteiger partial charge in [0.05, 0.1) is 0 Å². The first-order valence-corrected chi connectivity index (χ1v) is 4.24. The first-order chi connectivity index (χ1) is 6.47. The van der Waals surface area contributed by atoms with Crippen molar-refractivity contribution in [1.82, 2.24) is 10.6 Å². The van der Waals surface area contributed by atoms with E-state index in [1.807, 2.05) is 0 Å². The molecule has 14 heavy (non-hydrogen) atoms.